The van der Waals surface area contributed by atoms with Gasteiger partial charge in [0, 0.05) is 41.9 Å². The van der Waals surface area contributed by atoms with Crippen molar-refractivity contribution in [2.75, 3.05) is 0 Å². The van der Waals surface area contributed by atoms with E-state index in [9.17, 15) is 0 Å². The minimum atomic E-state index is -1.14. The fourth-order valence-corrected chi connectivity index (χ4v) is 7.76. The Labute approximate surface area is 190 Å². The smallest absolute Gasteiger partial charge is 0.277 e. The van der Waals surface area contributed by atoms with Crippen LogP contribution in [0, 0.1) is 11.3 Å². The van der Waals surface area contributed by atoms with Crippen molar-refractivity contribution in [2.24, 2.45) is 11.3 Å². The van der Waals surface area contributed by atoms with Crippen molar-refractivity contribution < 1.29 is 4.58 Å². The van der Waals surface area contributed by atoms with Crippen LogP contribution in [-0.4, -0.2) is 18.3 Å². The van der Waals surface area contributed by atoms with Crippen LogP contribution < -0.4 is 0 Å². The number of benzene rings is 1. The lowest BCUT2D eigenvalue weighted by molar-refractivity contribution is -0.555. The molecule has 2 aliphatic heterocycles. The Morgan fingerprint density at radius 3 is 1.93 bits per heavy atom. The first-order valence-electron chi connectivity index (χ1n) is 10.3. The van der Waals surface area contributed by atoms with Gasteiger partial charge in [0.25, 0.3) is 2.62 Å². The van der Waals surface area contributed by atoms with Gasteiger partial charge >= 0.3 is 0 Å². The van der Waals surface area contributed by atoms with Gasteiger partial charge < -0.3 is 47.3 Å². The molecular weight excluding hydrogens is 529 g/mol. The molecule has 0 N–H and O–H groups in total. The van der Waals surface area contributed by atoms with Crippen molar-refractivity contribution >= 4 is 61.2 Å². The number of halogens is 3. The quantitative estimate of drug-likeness (QED) is 0.257. The molecule has 1 fully saturated rings. The Hall–Kier alpha value is 0.395. The summed E-state index contributed by atoms with van der Waals surface area (Å²) in [6.07, 6.45) is 3.75. The van der Waals surface area contributed by atoms with Crippen molar-refractivity contribution in [3.63, 3.8) is 0 Å². The molecule has 0 amide bonds. The molecule has 1 aromatic rings. The van der Waals surface area contributed by atoms with E-state index in [1.165, 1.54) is 41.7 Å². The second kappa shape index (κ2) is 7.27. The van der Waals surface area contributed by atoms with Gasteiger partial charge in [-0.05, 0) is 24.2 Å². The van der Waals surface area contributed by atoms with E-state index in [4.69, 9.17) is 0 Å². The normalized spacial score (nSPS) is 31.3. The van der Waals surface area contributed by atoms with E-state index < -0.39 is 2.62 Å². The summed E-state index contributed by atoms with van der Waals surface area (Å²) in [7, 11) is 0. The molecule has 1 saturated carbocycles. The van der Waals surface area contributed by atoms with E-state index in [2.05, 4.69) is 119 Å². The fourth-order valence-electron chi connectivity index (χ4n) is 5.57. The van der Waals surface area contributed by atoms with Gasteiger partial charge in [-0.15, -0.1) is 0 Å². The van der Waals surface area contributed by atoms with E-state index >= 15 is 0 Å². The third-order valence-corrected chi connectivity index (χ3v) is 8.56. The second-order valence-corrected chi connectivity index (χ2v) is 17.7. The molecular formula is C22H33BBr3N. The molecule has 1 nitrogen and oxygen atoms in total. The van der Waals surface area contributed by atoms with Gasteiger partial charge in [-0.2, -0.15) is 0 Å². The summed E-state index contributed by atoms with van der Waals surface area (Å²) in [6.45, 7) is 16.7. The highest BCUT2D eigenvalue weighted by atomic mass is 79.9. The van der Waals surface area contributed by atoms with Crippen LogP contribution in [0.1, 0.15) is 90.7 Å². The van der Waals surface area contributed by atoms with Crippen molar-refractivity contribution in [3.05, 3.63) is 29.3 Å². The van der Waals surface area contributed by atoms with Crippen molar-refractivity contribution in [2.45, 2.75) is 85.1 Å². The molecule has 2 heterocycles. The van der Waals surface area contributed by atoms with Crippen LogP contribution in [-0.2, 0) is 0 Å². The summed E-state index contributed by atoms with van der Waals surface area (Å²) in [5, 5.41) is 0. The molecule has 0 spiro atoms. The molecule has 1 aromatic carbocycles. The predicted molar refractivity (Wildman–Crippen MR) is 132 cm³/mol. The summed E-state index contributed by atoms with van der Waals surface area (Å²) >= 11 is 12.0. The van der Waals surface area contributed by atoms with Crippen LogP contribution in [0.2, 0.25) is 0 Å². The van der Waals surface area contributed by atoms with Crippen molar-refractivity contribution in [1.82, 2.24) is 0 Å². The summed E-state index contributed by atoms with van der Waals surface area (Å²) in [5.74, 6) is 1.67. The zero-order valence-electron chi connectivity index (χ0n) is 17.7. The average Bonchev–Trinajstić information content (AvgIpc) is 2.54. The van der Waals surface area contributed by atoms with Crippen LogP contribution in [0.25, 0.3) is 0 Å². The largest absolute Gasteiger partial charge is 0.314 e. The van der Waals surface area contributed by atoms with E-state index in [1.807, 2.05) is 0 Å². The topological polar surface area (TPSA) is 3.01 Å². The zero-order chi connectivity index (χ0) is 20.4. The number of hydrogen-bond donors (Lipinski definition) is 0. The summed E-state index contributed by atoms with van der Waals surface area (Å²) in [6, 6.07) is 6.93. The highest BCUT2D eigenvalue weighted by molar-refractivity contribution is 9.73. The fraction of sp³-hybridized carbons (Fsp3) is 0.682. The molecule has 150 valence electrons. The highest BCUT2D eigenvalue weighted by Gasteiger charge is 2.61. The van der Waals surface area contributed by atoms with Crippen LogP contribution in [0.15, 0.2) is 18.2 Å². The molecule has 1 aliphatic carbocycles. The molecule has 4 rings (SSSR count). The van der Waals surface area contributed by atoms with Crippen molar-refractivity contribution in [1.29, 1.82) is 0 Å². The first kappa shape index (κ1) is 22.1. The molecule has 0 radical (unpaired) electrons. The zero-order valence-corrected chi connectivity index (χ0v) is 22.5. The monoisotopic (exact) mass is 559 g/mol. The molecule has 3 aliphatic rings. The van der Waals surface area contributed by atoms with Gasteiger partial charge in [0.05, 0.1) is 0 Å². The Morgan fingerprint density at radius 1 is 1.00 bits per heavy atom. The molecule has 27 heavy (non-hydrogen) atoms. The van der Waals surface area contributed by atoms with Gasteiger partial charge in [0.2, 0.25) is 5.69 Å². The van der Waals surface area contributed by atoms with Crippen LogP contribution in [0.5, 0.6) is 0 Å². The van der Waals surface area contributed by atoms with Crippen molar-refractivity contribution in [3.8, 4) is 0 Å². The van der Waals surface area contributed by atoms with Gasteiger partial charge in [-0.1, -0.05) is 59.7 Å². The summed E-state index contributed by atoms with van der Waals surface area (Å²) in [5.41, 5.74) is 6.23. The third-order valence-electron chi connectivity index (χ3n) is 7.26. The number of para-hydroxylation sites is 1. The maximum Gasteiger partial charge on any atom is 0.277 e. The Kier molecular flexibility index (Phi) is 5.95. The first-order chi connectivity index (χ1) is 12.3. The standard InChI is InChI=1S/C22H33BBr3N/c1-14(2)17-9-8-10-18(15(3)4)19(17)27-20(23(24,25)26)22(7)12-11-21(27,6)13-16(22)5/h8-10,14-16H,11-13H2,1-7H3/t16-,21-,22+/m1/s1. The first-order valence-corrected chi connectivity index (χ1v) is 13.1. The molecule has 0 unspecified atom stereocenters. The lowest BCUT2D eigenvalue weighted by atomic mass is 9.53. The number of nitrogens with zero attached hydrogens (tertiary/aromatic N) is 1. The molecule has 3 atom stereocenters. The second-order valence-electron chi connectivity index (χ2n) is 9.91. The molecule has 5 heteroatoms. The van der Waals surface area contributed by atoms with E-state index in [0.717, 1.165) is 0 Å². The predicted octanol–water partition coefficient (Wildman–Crippen LogP) is 8.28. The van der Waals surface area contributed by atoms with E-state index in [1.54, 1.807) is 0 Å². The minimum Gasteiger partial charge on any atom is -0.314 e. The van der Waals surface area contributed by atoms with Gasteiger partial charge in [-0.25, -0.2) is 4.58 Å². The Balaban J connectivity index is 2.48. The Morgan fingerprint density at radius 2 is 1.52 bits per heavy atom. The Bertz CT molecular complexity index is 754. The van der Waals surface area contributed by atoms with Crippen LogP contribution >= 0.6 is 47.3 Å². The van der Waals surface area contributed by atoms with Crippen LogP contribution in [0.3, 0.4) is 0 Å². The maximum atomic E-state index is 4.01. The van der Waals surface area contributed by atoms with Crippen LogP contribution in [0.4, 0.5) is 5.69 Å². The van der Waals surface area contributed by atoms with Gasteiger partial charge in [0.15, 0.2) is 5.54 Å². The number of fused-ring (bicyclic) bond motifs is 2. The highest BCUT2D eigenvalue weighted by Crippen LogP contribution is 2.58. The average molecular weight is 562 g/mol. The summed E-state index contributed by atoms with van der Waals surface area (Å²) < 4.78 is 1.61. The van der Waals surface area contributed by atoms with Gasteiger partial charge in [-0.3, -0.25) is 0 Å². The molecule has 0 aromatic heterocycles. The lowest BCUT2D eigenvalue weighted by Crippen LogP contribution is -2.64. The summed E-state index contributed by atoms with van der Waals surface area (Å²) in [4.78, 5) is 0. The lowest BCUT2D eigenvalue weighted by Gasteiger charge is -2.56. The maximum absolute atomic E-state index is 4.01. The minimum absolute atomic E-state index is 0.156. The molecule has 2 bridgehead atoms. The molecule has 0 saturated heterocycles. The third kappa shape index (κ3) is 3.56. The van der Waals surface area contributed by atoms with E-state index in [-0.39, 0.29) is 11.0 Å². The SMILES string of the molecule is CC(C)c1cccc(C(C)C)c1[N+]1=C([B-](Br)(Br)Br)[C@@]2(C)CC[C@]1(C)C[C@H]2C. The van der Waals surface area contributed by atoms with E-state index in [0.29, 0.717) is 17.8 Å². The van der Waals surface area contributed by atoms with Gasteiger partial charge in [0.1, 0.15) is 0 Å². The number of rotatable bonds is 4. The number of hydrogen-bond acceptors (Lipinski definition) is 0.